The Kier molecular flexibility index (Phi) is 4.69. The first kappa shape index (κ1) is 14.9. The summed E-state index contributed by atoms with van der Waals surface area (Å²) in [6.45, 7) is 0. The van der Waals surface area contributed by atoms with Crippen LogP contribution >= 0.6 is 15.9 Å². The fraction of sp³-hybridized carbons (Fsp3) is 0.462. The lowest BCUT2D eigenvalue weighted by atomic mass is 9.95. The molecule has 5 nitrogen and oxygen atoms in total. The lowest BCUT2D eigenvalue weighted by molar-refractivity contribution is -0.385. The molecular formula is C13H14BrFN2O3. The highest BCUT2D eigenvalue weighted by atomic mass is 79.9. The van der Waals surface area contributed by atoms with Gasteiger partial charge in [-0.2, -0.15) is 0 Å². The molecule has 2 unspecified atom stereocenters. The van der Waals surface area contributed by atoms with E-state index in [4.69, 9.17) is 0 Å². The van der Waals surface area contributed by atoms with Crippen LogP contribution in [0.15, 0.2) is 18.2 Å². The number of carbonyl (C=O) groups is 1. The van der Waals surface area contributed by atoms with E-state index in [9.17, 15) is 19.3 Å². The molecule has 1 saturated carbocycles. The minimum Gasteiger partial charge on any atom is -0.348 e. The Morgan fingerprint density at radius 1 is 1.40 bits per heavy atom. The van der Waals surface area contributed by atoms with Gasteiger partial charge in [0.1, 0.15) is 5.82 Å². The summed E-state index contributed by atoms with van der Waals surface area (Å²) in [5.74, 6) is -1.41. The van der Waals surface area contributed by atoms with Gasteiger partial charge in [-0.15, -0.1) is 0 Å². The van der Waals surface area contributed by atoms with Crippen molar-refractivity contribution in [2.75, 3.05) is 0 Å². The van der Waals surface area contributed by atoms with Crippen LogP contribution in [0.4, 0.5) is 10.1 Å². The molecule has 0 radical (unpaired) electrons. The third-order valence-corrected chi connectivity index (χ3v) is 4.50. The number of non-ortho nitro benzene ring substituents is 1. The number of nitrogens with zero attached hydrogens (tertiary/aromatic N) is 1. The summed E-state index contributed by atoms with van der Waals surface area (Å²) in [6.07, 6.45) is 3.94. The zero-order chi connectivity index (χ0) is 14.7. The Morgan fingerprint density at radius 2 is 2.10 bits per heavy atom. The second kappa shape index (κ2) is 6.30. The molecule has 0 spiro atoms. The number of hydrogen-bond donors (Lipinski definition) is 1. The van der Waals surface area contributed by atoms with Gasteiger partial charge in [0.2, 0.25) is 0 Å². The number of halogens is 2. The summed E-state index contributed by atoms with van der Waals surface area (Å²) in [4.78, 5) is 22.0. The largest absolute Gasteiger partial charge is 0.348 e. The molecular weight excluding hydrogens is 331 g/mol. The maximum absolute atomic E-state index is 13.7. The first-order chi connectivity index (χ1) is 9.49. The molecule has 1 aromatic carbocycles. The van der Waals surface area contributed by atoms with Gasteiger partial charge in [-0.05, 0) is 18.9 Å². The number of nitro groups is 1. The Hall–Kier alpha value is -1.50. The van der Waals surface area contributed by atoms with Gasteiger partial charge in [-0.1, -0.05) is 28.8 Å². The highest BCUT2D eigenvalue weighted by Crippen LogP contribution is 2.25. The Bertz CT molecular complexity index is 538. The van der Waals surface area contributed by atoms with Crippen molar-refractivity contribution in [1.82, 2.24) is 5.32 Å². The predicted octanol–water partition coefficient (Wildman–Crippen LogP) is 3.17. The summed E-state index contributed by atoms with van der Waals surface area (Å²) in [7, 11) is 0. The summed E-state index contributed by atoms with van der Waals surface area (Å²) in [5.41, 5.74) is -0.532. The molecule has 2 rings (SSSR count). The van der Waals surface area contributed by atoms with Crippen LogP contribution in [0.1, 0.15) is 36.0 Å². The number of nitro benzene ring substituents is 1. The topological polar surface area (TPSA) is 72.2 Å². The highest BCUT2D eigenvalue weighted by Gasteiger charge is 2.26. The van der Waals surface area contributed by atoms with Gasteiger partial charge in [0, 0.05) is 16.9 Å². The zero-order valence-corrected chi connectivity index (χ0v) is 12.2. The van der Waals surface area contributed by atoms with Crippen molar-refractivity contribution >= 4 is 27.5 Å². The fourth-order valence-corrected chi connectivity index (χ4v) is 3.02. The monoisotopic (exact) mass is 344 g/mol. The number of benzene rings is 1. The van der Waals surface area contributed by atoms with Crippen LogP contribution in [0.5, 0.6) is 0 Å². The molecule has 2 atom stereocenters. The van der Waals surface area contributed by atoms with E-state index in [0.29, 0.717) is 0 Å². The molecule has 108 valence electrons. The average Bonchev–Trinajstić information content (AvgIpc) is 2.41. The minimum absolute atomic E-state index is 0.0363. The maximum Gasteiger partial charge on any atom is 0.272 e. The summed E-state index contributed by atoms with van der Waals surface area (Å²) in [6, 6.07) is 3.01. The SMILES string of the molecule is O=C(NC1CCCCC1Br)c1ccc([N+](=O)[O-])cc1F. The lowest BCUT2D eigenvalue weighted by Gasteiger charge is -2.28. The molecule has 1 fully saturated rings. The van der Waals surface area contributed by atoms with E-state index in [-0.39, 0.29) is 22.1 Å². The zero-order valence-electron chi connectivity index (χ0n) is 10.6. The van der Waals surface area contributed by atoms with Crippen LogP contribution in [0.2, 0.25) is 0 Å². The van der Waals surface area contributed by atoms with E-state index in [1.807, 2.05) is 0 Å². The molecule has 7 heteroatoms. The Labute approximate surface area is 123 Å². The molecule has 0 bridgehead atoms. The van der Waals surface area contributed by atoms with Crippen LogP contribution in [-0.2, 0) is 0 Å². The molecule has 0 saturated heterocycles. The summed E-state index contributed by atoms with van der Waals surface area (Å²) in [5, 5.41) is 13.3. The Morgan fingerprint density at radius 3 is 2.70 bits per heavy atom. The van der Waals surface area contributed by atoms with Gasteiger partial charge in [0.15, 0.2) is 0 Å². The number of nitrogens with one attached hydrogen (secondary N) is 1. The first-order valence-corrected chi connectivity index (χ1v) is 7.29. The van der Waals surface area contributed by atoms with E-state index >= 15 is 0 Å². The van der Waals surface area contributed by atoms with Crippen molar-refractivity contribution in [1.29, 1.82) is 0 Å². The van der Waals surface area contributed by atoms with Crippen molar-refractivity contribution in [2.24, 2.45) is 0 Å². The average molecular weight is 345 g/mol. The summed E-state index contributed by atoms with van der Waals surface area (Å²) < 4.78 is 13.7. The van der Waals surface area contributed by atoms with Gasteiger partial charge in [-0.3, -0.25) is 14.9 Å². The molecule has 0 aliphatic heterocycles. The smallest absolute Gasteiger partial charge is 0.272 e. The molecule has 1 aliphatic carbocycles. The first-order valence-electron chi connectivity index (χ1n) is 6.38. The minimum atomic E-state index is -0.876. The van der Waals surface area contributed by atoms with Gasteiger partial charge >= 0.3 is 0 Å². The van der Waals surface area contributed by atoms with Crippen LogP contribution in [-0.4, -0.2) is 21.7 Å². The fourth-order valence-electron chi connectivity index (χ4n) is 2.30. The second-order valence-corrected chi connectivity index (χ2v) is 5.98. The van der Waals surface area contributed by atoms with Gasteiger partial charge < -0.3 is 5.32 Å². The van der Waals surface area contributed by atoms with E-state index < -0.39 is 16.6 Å². The Balaban J connectivity index is 2.11. The summed E-state index contributed by atoms with van der Waals surface area (Å²) >= 11 is 3.51. The lowest BCUT2D eigenvalue weighted by Crippen LogP contribution is -2.42. The third-order valence-electron chi connectivity index (χ3n) is 3.41. The molecule has 20 heavy (non-hydrogen) atoms. The maximum atomic E-state index is 13.7. The van der Waals surface area contributed by atoms with Crippen molar-refractivity contribution in [3.8, 4) is 0 Å². The molecule has 1 aromatic rings. The van der Waals surface area contributed by atoms with Crippen molar-refractivity contribution < 1.29 is 14.1 Å². The van der Waals surface area contributed by atoms with E-state index in [1.165, 1.54) is 0 Å². The quantitative estimate of drug-likeness (QED) is 0.520. The number of carbonyl (C=O) groups excluding carboxylic acids is 1. The van der Waals surface area contributed by atoms with E-state index in [2.05, 4.69) is 21.2 Å². The standard InChI is InChI=1S/C13H14BrFN2O3/c14-10-3-1-2-4-12(10)16-13(18)9-6-5-8(17(19)20)7-11(9)15/h5-7,10,12H,1-4H2,(H,16,18). The van der Waals surface area contributed by atoms with E-state index in [1.54, 1.807) is 0 Å². The van der Waals surface area contributed by atoms with Crippen molar-refractivity contribution in [3.63, 3.8) is 0 Å². The number of rotatable bonds is 3. The molecule has 1 N–H and O–H groups in total. The van der Waals surface area contributed by atoms with Crippen LogP contribution in [0, 0.1) is 15.9 Å². The predicted molar refractivity (Wildman–Crippen MR) is 75.5 cm³/mol. The van der Waals surface area contributed by atoms with Crippen LogP contribution in [0.3, 0.4) is 0 Å². The molecule has 1 amide bonds. The van der Waals surface area contributed by atoms with Gasteiger partial charge in [-0.25, -0.2) is 4.39 Å². The number of alkyl halides is 1. The third kappa shape index (κ3) is 3.33. The van der Waals surface area contributed by atoms with Crippen molar-refractivity contribution in [2.45, 2.75) is 36.6 Å². The van der Waals surface area contributed by atoms with Crippen molar-refractivity contribution in [3.05, 3.63) is 39.7 Å². The van der Waals surface area contributed by atoms with Crippen LogP contribution in [0.25, 0.3) is 0 Å². The van der Waals surface area contributed by atoms with E-state index in [0.717, 1.165) is 43.9 Å². The number of amides is 1. The molecule has 0 aromatic heterocycles. The molecule has 1 aliphatic rings. The normalized spacial score (nSPS) is 22.3. The second-order valence-electron chi connectivity index (χ2n) is 4.80. The van der Waals surface area contributed by atoms with Gasteiger partial charge in [0.25, 0.3) is 11.6 Å². The number of hydrogen-bond acceptors (Lipinski definition) is 3. The van der Waals surface area contributed by atoms with Gasteiger partial charge in [0.05, 0.1) is 16.6 Å². The highest BCUT2D eigenvalue weighted by molar-refractivity contribution is 9.09. The molecule has 0 heterocycles. The van der Waals surface area contributed by atoms with Crippen LogP contribution < -0.4 is 5.32 Å².